The van der Waals surface area contributed by atoms with E-state index in [1.807, 2.05) is 52.0 Å². The van der Waals surface area contributed by atoms with Crippen molar-refractivity contribution >= 4 is 35.3 Å². The lowest BCUT2D eigenvalue weighted by molar-refractivity contribution is -0.148. The number of fused-ring (bicyclic) bond motifs is 2. The molecular weight excluding hydrogens is 658 g/mol. The number of amides is 5. The van der Waals surface area contributed by atoms with Gasteiger partial charge in [-0.15, -0.1) is 0 Å². The second-order valence-corrected chi connectivity index (χ2v) is 17.9. The maximum atomic E-state index is 14.8. The van der Waals surface area contributed by atoms with Gasteiger partial charge in [0.2, 0.25) is 23.5 Å². The third-order valence-electron chi connectivity index (χ3n) is 12.7. The first-order valence-corrected chi connectivity index (χ1v) is 19.7. The Bertz CT molecular complexity index is 1570. The van der Waals surface area contributed by atoms with E-state index in [9.17, 15) is 28.8 Å². The number of nitrogens with one attached hydrogen (secondary N) is 3. The van der Waals surface area contributed by atoms with Crippen LogP contribution in [0.2, 0.25) is 0 Å². The number of Topliss-reactive ketones (excluding diaryl/α,β-unsaturated/α-hetero) is 1. The van der Waals surface area contributed by atoms with E-state index in [4.69, 9.17) is 0 Å². The van der Waals surface area contributed by atoms with Crippen molar-refractivity contribution < 1.29 is 28.8 Å². The zero-order valence-electron chi connectivity index (χ0n) is 32.0. The summed E-state index contributed by atoms with van der Waals surface area (Å²) < 4.78 is 0. The van der Waals surface area contributed by atoms with Crippen molar-refractivity contribution in [3.63, 3.8) is 0 Å². The Morgan fingerprint density at radius 2 is 1.65 bits per heavy atom. The van der Waals surface area contributed by atoms with Gasteiger partial charge in [0.1, 0.15) is 6.04 Å². The molecule has 1 aromatic rings. The highest BCUT2D eigenvalue weighted by atomic mass is 16.2. The van der Waals surface area contributed by atoms with E-state index in [-0.39, 0.29) is 64.8 Å². The van der Waals surface area contributed by atoms with Gasteiger partial charge in [0.15, 0.2) is 0 Å². The topological polar surface area (TPSA) is 145 Å². The van der Waals surface area contributed by atoms with Gasteiger partial charge in [-0.25, -0.2) is 0 Å². The molecule has 52 heavy (non-hydrogen) atoms. The number of hydrogen-bond donors (Lipinski definition) is 3. The maximum absolute atomic E-state index is 14.8. The molecule has 5 aliphatic rings. The van der Waals surface area contributed by atoms with Gasteiger partial charge in [-0.3, -0.25) is 28.8 Å². The molecule has 2 heterocycles. The fraction of sp³-hybridized carbons (Fsp3) is 0.707. The summed E-state index contributed by atoms with van der Waals surface area (Å²) in [5.41, 5.74) is 1.17. The van der Waals surface area contributed by atoms with Crippen molar-refractivity contribution in [3.05, 3.63) is 35.4 Å². The average molecular weight is 718 g/mol. The lowest BCUT2D eigenvalue weighted by atomic mass is 9.77. The number of hydrogen-bond acceptors (Lipinski definition) is 6. The van der Waals surface area contributed by atoms with Crippen molar-refractivity contribution in [2.24, 2.45) is 34.5 Å². The Balaban J connectivity index is 1.18. The molecular formula is C41H59N5O6. The molecule has 1 aromatic carbocycles. The predicted octanol–water partition coefficient (Wildman–Crippen LogP) is 4.38. The Morgan fingerprint density at radius 3 is 2.29 bits per heavy atom. The van der Waals surface area contributed by atoms with Crippen LogP contribution >= 0.6 is 0 Å². The number of carbonyl (C=O) groups excluding carboxylic acids is 6. The minimum Gasteiger partial charge on any atom is -0.351 e. The Labute approximate surface area is 308 Å². The quantitative estimate of drug-likeness (QED) is 0.244. The molecule has 3 saturated carbocycles. The molecule has 2 aliphatic heterocycles. The molecule has 6 atom stereocenters. The Hall–Kier alpha value is -3.76. The molecule has 5 amide bonds. The largest absolute Gasteiger partial charge is 0.351 e. The van der Waals surface area contributed by atoms with Crippen LogP contribution in [0.25, 0.3) is 0 Å². The van der Waals surface area contributed by atoms with Crippen molar-refractivity contribution in [3.8, 4) is 0 Å². The maximum Gasteiger partial charge on any atom is 0.289 e. The summed E-state index contributed by atoms with van der Waals surface area (Å²) in [6.45, 7) is 13.5. The van der Waals surface area contributed by atoms with Gasteiger partial charge in [0, 0.05) is 43.6 Å². The lowest BCUT2D eigenvalue weighted by Crippen LogP contribution is -2.57. The highest BCUT2D eigenvalue weighted by Gasteiger charge is 2.69. The number of likely N-dealkylation sites (tertiary alicyclic amines) is 1. The van der Waals surface area contributed by atoms with Gasteiger partial charge in [0.25, 0.3) is 11.8 Å². The second kappa shape index (κ2) is 14.9. The van der Waals surface area contributed by atoms with Crippen LogP contribution in [0.4, 0.5) is 0 Å². The van der Waals surface area contributed by atoms with Gasteiger partial charge >= 0.3 is 0 Å². The molecule has 0 aromatic heterocycles. The van der Waals surface area contributed by atoms with Crippen LogP contribution < -0.4 is 16.0 Å². The minimum atomic E-state index is -0.960. The number of piperidine rings is 1. The smallest absolute Gasteiger partial charge is 0.289 e. The zero-order chi connectivity index (χ0) is 37.5. The van der Waals surface area contributed by atoms with E-state index in [0.717, 1.165) is 50.5 Å². The first kappa shape index (κ1) is 38.0. The van der Waals surface area contributed by atoms with Crippen molar-refractivity contribution in [1.82, 2.24) is 25.8 Å². The Kier molecular flexibility index (Phi) is 10.9. The second-order valence-electron chi connectivity index (χ2n) is 17.9. The SMILES string of the molecule is CCCC(NC(=O)[C@@H]1[C@@H]2[C@H](CN1C(=O)[C@@H](CC(=O)N[C@H](CN1Cc3ccccc3C1=O)C(C)(C)C)C1CCCCC1)C2(C)C)C(=O)C(=O)NC1CC1. The number of ketones is 1. The minimum absolute atomic E-state index is 0.00605. The van der Waals surface area contributed by atoms with E-state index in [2.05, 4.69) is 29.8 Å². The van der Waals surface area contributed by atoms with Crippen LogP contribution in [-0.2, 0) is 30.5 Å². The number of carbonyl (C=O) groups is 6. The van der Waals surface area contributed by atoms with E-state index >= 15 is 0 Å². The zero-order valence-corrected chi connectivity index (χ0v) is 32.0. The van der Waals surface area contributed by atoms with E-state index in [1.165, 1.54) is 0 Å². The van der Waals surface area contributed by atoms with Gasteiger partial charge in [-0.2, -0.15) is 0 Å². The molecule has 1 unspecified atom stereocenters. The summed E-state index contributed by atoms with van der Waals surface area (Å²) in [6.07, 6.45) is 7.41. The summed E-state index contributed by atoms with van der Waals surface area (Å²) in [4.78, 5) is 85.6. The molecule has 11 nitrogen and oxygen atoms in total. The van der Waals surface area contributed by atoms with Crippen molar-refractivity contribution in [2.75, 3.05) is 13.1 Å². The molecule has 4 fully saturated rings. The molecule has 1 saturated heterocycles. The van der Waals surface area contributed by atoms with Crippen LogP contribution in [0.3, 0.4) is 0 Å². The normalized spacial score (nSPS) is 25.4. The van der Waals surface area contributed by atoms with Crippen LogP contribution in [0.5, 0.6) is 0 Å². The van der Waals surface area contributed by atoms with Crippen LogP contribution in [0.15, 0.2) is 24.3 Å². The third-order valence-corrected chi connectivity index (χ3v) is 12.7. The molecule has 3 aliphatic carbocycles. The summed E-state index contributed by atoms with van der Waals surface area (Å²) >= 11 is 0. The molecule has 0 spiro atoms. The lowest BCUT2D eigenvalue weighted by Gasteiger charge is -2.38. The van der Waals surface area contributed by atoms with Crippen LogP contribution in [0, 0.1) is 34.5 Å². The highest BCUT2D eigenvalue weighted by molar-refractivity contribution is 6.38. The number of rotatable bonds is 14. The molecule has 6 rings (SSSR count). The number of benzene rings is 1. The van der Waals surface area contributed by atoms with E-state index in [1.54, 1.807) is 9.80 Å². The fourth-order valence-corrected chi connectivity index (χ4v) is 9.15. The average Bonchev–Trinajstić information content (AvgIpc) is 3.90. The molecule has 284 valence electrons. The monoisotopic (exact) mass is 717 g/mol. The highest BCUT2D eigenvalue weighted by Crippen LogP contribution is 2.65. The molecule has 0 bridgehead atoms. The first-order chi connectivity index (χ1) is 24.6. The molecule has 3 N–H and O–H groups in total. The predicted molar refractivity (Wildman–Crippen MR) is 197 cm³/mol. The van der Waals surface area contributed by atoms with Gasteiger partial charge < -0.3 is 25.8 Å². The van der Waals surface area contributed by atoms with Crippen molar-refractivity contribution in [2.45, 2.75) is 136 Å². The summed E-state index contributed by atoms with van der Waals surface area (Å²) in [5, 5.41) is 8.89. The van der Waals surface area contributed by atoms with Gasteiger partial charge in [0.05, 0.1) is 12.1 Å². The van der Waals surface area contributed by atoms with Gasteiger partial charge in [-0.05, 0) is 72.3 Å². The standard InChI is InChI=1S/C41H59N5O6/c1-7-13-30(35(48)37(50)42-26-18-19-26)43-36(49)34-33-29(41(33,5)6)22-46(34)39(52)28(24-14-9-8-10-15-24)20-32(47)44-31(40(2,3)4)23-45-21-25-16-11-12-17-27(25)38(45)51/h11-12,16-17,24,26,28-31,33-34H,7-10,13-15,18-23H2,1-6H3,(H,42,50)(H,43,49)(H,44,47)/t28-,29-,30?,31+,33-,34-/m0/s1. The summed E-state index contributed by atoms with van der Waals surface area (Å²) in [5.74, 6) is -2.65. The van der Waals surface area contributed by atoms with E-state index < -0.39 is 35.6 Å². The third kappa shape index (κ3) is 7.93. The van der Waals surface area contributed by atoms with Crippen LogP contribution in [0.1, 0.15) is 122 Å². The molecule has 0 radical (unpaired) electrons. The fourth-order valence-electron chi connectivity index (χ4n) is 9.15. The van der Waals surface area contributed by atoms with E-state index in [0.29, 0.717) is 38.0 Å². The van der Waals surface area contributed by atoms with Gasteiger partial charge in [-0.1, -0.05) is 85.4 Å². The van der Waals surface area contributed by atoms with Crippen molar-refractivity contribution in [1.29, 1.82) is 0 Å². The first-order valence-electron chi connectivity index (χ1n) is 19.7. The number of nitrogens with zero attached hydrogens (tertiary/aromatic N) is 2. The summed E-state index contributed by atoms with van der Waals surface area (Å²) in [7, 11) is 0. The van der Waals surface area contributed by atoms with Crippen LogP contribution in [-0.4, -0.2) is 82.4 Å². The summed E-state index contributed by atoms with van der Waals surface area (Å²) in [6, 6.07) is 5.54. The molecule has 11 heteroatoms. The Morgan fingerprint density at radius 1 is 0.962 bits per heavy atom.